The monoisotopic (exact) mass is 596 g/mol. The van der Waals surface area contributed by atoms with Crippen molar-refractivity contribution in [1.29, 1.82) is 0 Å². The van der Waals surface area contributed by atoms with Gasteiger partial charge in [-0.2, -0.15) is 0 Å². The van der Waals surface area contributed by atoms with E-state index < -0.39 is 71.4 Å². The van der Waals surface area contributed by atoms with E-state index in [4.69, 9.17) is 9.47 Å². The first kappa shape index (κ1) is 32.5. The second kappa shape index (κ2) is 11.8. The SMILES string of the molecule is C[C@H](C=C[C@H](C)CCO)[C@H]1C(O)C(O)[C@@H]2[C@]1(C)CC[C@H]1[C@@]2(O)CC(O)C2=C[C@@H](O[C@@H]3OC[C@@H](O)[C@H](O)[C@H]3O)CC[C@@]21C. The number of hydrogen-bond donors (Lipinski definition) is 8. The molecule has 1 aliphatic heterocycles. The maximum Gasteiger partial charge on any atom is 0.186 e. The Morgan fingerprint density at radius 2 is 1.69 bits per heavy atom. The number of rotatable bonds is 7. The van der Waals surface area contributed by atoms with E-state index in [-0.39, 0.29) is 43.3 Å². The Bertz CT molecular complexity index is 1030. The zero-order chi connectivity index (χ0) is 30.8. The molecule has 8 N–H and O–H groups in total. The first-order valence-corrected chi connectivity index (χ1v) is 15.8. The molecule has 3 unspecified atom stereocenters. The Kier molecular flexibility index (Phi) is 9.11. The highest BCUT2D eigenvalue weighted by atomic mass is 16.7. The van der Waals surface area contributed by atoms with Gasteiger partial charge in [-0.1, -0.05) is 45.9 Å². The van der Waals surface area contributed by atoms with Gasteiger partial charge < -0.3 is 50.3 Å². The van der Waals surface area contributed by atoms with Gasteiger partial charge in [0.1, 0.15) is 18.3 Å². The van der Waals surface area contributed by atoms with Crippen molar-refractivity contribution in [2.45, 2.75) is 121 Å². The Hall–Kier alpha value is -0.920. The summed E-state index contributed by atoms with van der Waals surface area (Å²) in [5.41, 5.74) is -1.74. The molecule has 0 aromatic rings. The van der Waals surface area contributed by atoms with E-state index >= 15 is 0 Å². The third-order valence-corrected chi connectivity index (χ3v) is 11.9. The van der Waals surface area contributed by atoms with Gasteiger partial charge >= 0.3 is 0 Å². The summed E-state index contributed by atoms with van der Waals surface area (Å²) in [7, 11) is 0. The summed E-state index contributed by atoms with van der Waals surface area (Å²) in [5.74, 6) is -1.01. The van der Waals surface area contributed by atoms with E-state index in [0.29, 0.717) is 25.7 Å². The standard InChI is InChI=1S/C32H52O10/c1-16(9-12-33)5-6-17(2)23-25(37)26(38)28-31(23,4)11-8-22-30(3)10-7-18(13-19(30)20(34)14-32(22,28)40)42-29-27(39)24(36)21(35)15-41-29/h5-6,13,16-18,20-29,33-40H,7-12,14-15H2,1-4H3/t16-,17+,18-,20?,21+,22+,23-,24-,25?,26?,27+,28+,29-,30-,31+,32-/m0/s1. The summed E-state index contributed by atoms with van der Waals surface area (Å²) < 4.78 is 11.4. The van der Waals surface area contributed by atoms with Crippen LogP contribution in [-0.4, -0.2) is 109 Å². The first-order chi connectivity index (χ1) is 19.7. The number of hydrogen-bond acceptors (Lipinski definition) is 10. The van der Waals surface area contributed by atoms with Crippen molar-refractivity contribution >= 4 is 0 Å². The molecule has 240 valence electrons. The molecule has 10 heteroatoms. The van der Waals surface area contributed by atoms with Crippen molar-refractivity contribution in [1.82, 2.24) is 0 Å². The summed E-state index contributed by atoms with van der Waals surface area (Å²) in [6, 6.07) is 0. The largest absolute Gasteiger partial charge is 0.396 e. The van der Waals surface area contributed by atoms with Gasteiger partial charge in [0.2, 0.25) is 0 Å². The van der Waals surface area contributed by atoms with Crippen molar-refractivity contribution in [3.8, 4) is 0 Å². The second-order valence-corrected chi connectivity index (χ2v) is 14.5. The van der Waals surface area contributed by atoms with Gasteiger partial charge in [0.05, 0.1) is 36.6 Å². The van der Waals surface area contributed by atoms with E-state index in [1.807, 2.05) is 19.9 Å². The Labute approximate surface area is 248 Å². The van der Waals surface area contributed by atoms with Crippen LogP contribution in [0, 0.1) is 40.4 Å². The van der Waals surface area contributed by atoms with Crippen LogP contribution in [0.3, 0.4) is 0 Å². The van der Waals surface area contributed by atoms with Gasteiger partial charge in [0, 0.05) is 18.9 Å². The molecule has 5 rings (SSSR count). The average molecular weight is 597 g/mol. The smallest absolute Gasteiger partial charge is 0.186 e. The Balaban J connectivity index is 1.39. The molecule has 0 spiro atoms. The predicted molar refractivity (Wildman–Crippen MR) is 153 cm³/mol. The summed E-state index contributed by atoms with van der Waals surface area (Å²) in [6.45, 7) is 8.15. The van der Waals surface area contributed by atoms with E-state index in [9.17, 15) is 40.9 Å². The van der Waals surface area contributed by atoms with Gasteiger partial charge in [-0.15, -0.1) is 0 Å². The molecule has 5 aliphatic rings. The maximum absolute atomic E-state index is 12.6. The van der Waals surface area contributed by atoms with Crippen LogP contribution in [0.5, 0.6) is 0 Å². The van der Waals surface area contributed by atoms with Crippen LogP contribution in [0.25, 0.3) is 0 Å². The lowest BCUT2D eigenvalue weighted by Crippen LogP contribution is -2.66. The molecule has 1 heterocycles. The summed E-state index contributed by atoms with van der Waals surface area (Å²) >= 11 is 0. The number of ether oxygens (including phenoxy) is 2. The normalized spacial score (nSPS) is 52.3. The summed E-state index contributed by atoms with van der Waals surface area (Å²) in [6.07, 6.45) is 0.466. The maximum atomic E-state index is 12.6. The Morgan fingerprint density at radius 3 is 2.38 bits per heavy atom. The minimum absolute atomic E-state index is 0.0355. The number of aliphatic hydroxyl groups is 8. The van der Waals surface area contributed by atoms with Crippen LogP contribution in [0.2, 0.25) is 0 Å². The van der Waals surface area contributed by atoms with Gasteiger partial charge in [-0.05, 0) is 72.2 Å². The van der Waals surface area contributed by atoms with E-state index in [1.54, 1.807) is 0 Å². The molecule has 42 heavy (non-hydrogen) atoms. The zero-order valence-corrected chi connectivity index (χ0v) is 25.3. The summed E-state index contributed by atoms with van der Waals surface area (Å²) in [4.78, 5) is 0. The molecule has 16 atom stereocenters. The highest BCUT2D eigenvalue weighted by molar-refractivity contribution is 5.33. The van der Waals surface area contributed by atoms with Crippen molar-refractivity contribution in [2.24, 2.45) is 40.4 Å². The van der Waals surface area contributed by atoms with Crippen LogP contribution >= 0.6 is 0 Å². The summed E-state index contributed by atoms with van der Waals surface area (Å²) in [5, 5.41) is 86.5. The van der Waals surface area contributed by atoms with Crippen LogP contribution in [0.15, 0.2) is 23.8 Å². The fourth-order valence-corrected chi connectivity index (χ4v) is 9.87. The topological polar surface area (TPSA) is 180 Å². The molecular formula is C32H52O10. The van der Waals surface area contributed by atoms with Gasteiger partial charge in [-0.25, -0.2) is 0 Å². The zero-order valence-electron chi connectivity index (χ0n) is 25.3. The number of aliphatic hydroxyl groups excluding tert-OH is 7. The molecule has 3 saturated carbocycles. The molecular weight excluding hydrogens is 544 g/mol. The van der Waals surface area contributed by atoms with E-state index in [0.717, 1.165) is 12.0 Å². The fourth-order valence-electron chi connectivity index (χ4n) is 9.87. The first-order valence-electron chi connectivity index (χ1n) is 15.8. The average Bonchev–Trinajstić information content (AvgIpc) is 3.13. The van der Waals surface area contributed by atoms with Crippen molar-refractivity contribution in [2.75, 3.05) is 13.2 Å². The fraction of sp³-hybridized carbons (Fsp3) is 0.875. The highest BCUT2D eigenvalue weighted by Crippen LogP contribution is 2.69. The minimum Gasteiger partial charge on any atom is -0.396 e. The predicted octanol–water partition coefficient (Wildman–Crippen LogP) is 0.628. The third-order valence-electron chi connectivity index (χ3n) is 11.9. The highest BCUT2D eigenvalue weighted by Gasteiger charge is 2.72. The molecule has 4 aliphatic carbocycles. The van der Waals surface area contributed by atoms with Gasteiger partial charge in [0.15, 0.2) is 6.29 Å². The molecule has 0 aromatic carbocycles. The molecule has 0 radical (unpaired) electrons. The van der Waals surface area contributed by atoms with E-state index in [2.05, 4.69) is 26.0 Å². The van der Waals surface area contributed by atoms with Crippen LogP contribution < -0.4 is 0 Å². The van der Waals surface area contributed by atoms with Crippen LogP contribution in [0.1, 0.15) is 66.2 Å². The molecule has 1 saturated heterocycles. The number of fused-ring (bicyclic) bond motifs is 5. The van der Waals surface area contributed by atoms with E-state index in [1.165, 1.54) is 0 Å². The molecule has 0 aromatic heterocycles. The molecule has 0 bridgehead atoms. The lowest BCUT2D eigenvalue weighted by atomic mass is 9.43. The second-order valence-electron chi connectivity index (χ2n) is 14.5. The van der Waals surface area contributed by atoms with Gasteiger partial charge in [-0.3, -0.25) is 0 Å². The molecule has 0 amide bonds. The Morgan fingerprint density at radius 1 is 0.976 bits per heavy atom. The van der Waals surface area contributed by atoms with Crippen molar-refractivity contribution in [3.63, 3.8) is 0 Å². The van der Waals surface area contributed by atoms with Crippen LogP contribution in [0.4, 0.5) is 0 Å². The molecule has 10 nitrogen and oxygen atoms in total. The minimum atomic E-state index is -1.41. The van der Waals surface area contributed by atoms with Crippen LogP contribution in [-0.2, 0) is 9.47 Å². The quantitative estimate of drug-likeness (QED) is 0.194. The molecule has 4 fully saturated rings. The van der Waals surface area contributed by atoms with Gasteiger partial charge in [0.25, 0.3) is 0 Å². The third kappa shape index (κ3) is 5.13. The number of allylic oxidation sites excluding steroid dienone is 2. The lowest BCUT2D eigenvalue weighted by Gasteiger charge is -2.63. The van der Waals surface area contributed by atoms with Crippen molar-refractivity contribution in [3.05, 3.63) is 23.8 Å². The van der Waals surface area contributed by atoms with Crippen molar-refractivity contribution < 1.29 is 50.3 Å². The lowest BCUT2D eigenvalue weighted by molar-refractivity contribution is -0.280.